The molecule has 2 aromatic rings. The van der Waals surface area contributed by atoms with Crippen LogP contribution in [0, 0.1) is 12.8 Å². The van der Waals surface area contributed by atoms with Crippen LogP contribution in [-0.4, -0.2) is 22.2 Å². The molecule has 3 N–H and O–H groups in total. The molecule has 0 saturated heterocycles. The number of hydrogen-bond donors (Lipinski definition) is 2. The Morgan fingerprint density at radius 3 is 2.65 bits per heavy atom. The molecule has 0 fully saturated rings. The molecule has 0 unspecified atom stereocenters. The molecule has 6 heteroatoms. The van der Waals surface area contributed by atoms with Gasteiger partial charge in [-0.05, 0) is 12.8 Å². The van der Waals surface area contributed by atoms with Gasteiger partial charge in [0, 0.05) is 13.6 Å². The van der Waals surface area contributed by atoms with Crippen molar-refractivity contribution in [2.75, 3.05) is 12.3 Å². The van der Waals surface area contributed by atoms with Crippen molar-refractivity contribution < 1.29 is 4.79 Å². The molecule has 0 aliphatic carbocycles. The monoisotopic (exact) mass is 294 g/mol. The zero-order valence-corrected chi connectivity index (χ0v) is 13.3. The molecule has 2 heterocycles. The highest BCUT2D eigenvalue weighted by Gasteiger charge is 2.21. The lowest BCUT2D eigenvalue weighted by Gasteiger charge is -2.12. The first kappa shape index (κ1) is 14.8. The summed E-state index contributed by atoms with van der Waals surface area (Å²) in [5.41, 5.74) is 7.55. The Morgan fingerprint density at radius 2 is 2.10 bits per heavy atom. The van der Waals surface area contributed by atoms with Crippen molar-refractivity contribution in [2.45, 2.75) is 33.6 Å². The average molecular weight is 294 g/mol. The van der Waals surface area contributed by atoms with E-state index >= 15 is 0 Å². The van der Waals surface area contributed by atoms with Crippen molar-refractivity contribution in [1.82, 2.24) is 15.1 Å². The number of rotatable bonds is 5. The Kier molecular flexibility index (Phi) is 4.32. The van der Waals surface area contributed by atoms with E-state index in [2.05, 4.69) is 24.3 Å². The molecule has 0 aromatic carbocycles. The standard InChI is InChI=1S/C14H22N4OS/c1-5-9(6-2)7-16-13(19)12-11(15)10-8(3)17-18(4)14(10)20-12/h9H,5-7,15H2,1-4H3,(H,16,19). The minimum absolute atomic E-state index is 0.0741. The van der Waals surface area contributed by atoms with Gasteiger partial charge in [-0.25, -0.2) is 0 Å². The number of nitrogens with one attached hydrogen (secondary N) is 1. The summed E-state index contributed by atoms with van der Waals surface area (Å²) in [6, 6.07) is 0. The number of carbonyl (C=O) groups excluding carboxylic acids is 1. The minimum Gasteiger partial charge on any atom is -0.397 e. The molecule has 0 atom stereocenters. The summed E-state index contributed by atoms with van der Waals surface area (Å²) in [5, 5.41) is 8.23. The number of amides is 1. The van der Waals surface area contributed by atoms with E-state index in [0.29, 0.717) is 23.0 Å². The summed E-state index contributed by atoms with van der Waals surface area (Å²) in [4.78, 5) is 13.8. The molecule has 1 amide bonds. The molecule has 0 aliphatic heterocycles. The molecule has 2 rings (SSSR count). The van der Waals surface area contributed by atoms with Crippen LogP contribution < -0.4 is 11.1 Å². The Morgan fingerprint density at radius 1 is 1.45 bits per heavy atom. The molecule has 0 aliphatic rings. The number of nitrogen functional groups attached to an aromatic ring is 1. The van der Waals surface area contributed by atoms with Crippen LogP contribution in [0.25, 0.3) is 10.2 Å². The van der Waals surface area contributed by atoms with Crippen molar-refractivity contribution in [2.24, 2.45) is 13.0 Å². The van der Waals surface area contributed by atoms with Crippen molar-refractivity contribution in [3.8, 4) is 0 Å². The molecule has 0 bridgehead atoms. The van der Waals surface area contributed by atoms with E-state index in [9.17, 15) is 4.79 Å². The second kappa shape index (κ2) is 5.83. The quantitative estimate of drug-likeness (QED) is 0.890. The summed E-state index contributed by atoms with van der Waals surface area (Å²) in [5.74, 6) is 0.452. The second-order valence-electron chi connectivity index (χ2n) is 5.13. The third kappa shape index (κ3) is 2.52. The van der Waals surface area contributed by atoms with Gasteiger partial charge in [0.05, 0.1) is 16.8 Å². The SMILES string of the molecule is CCC(CC)CNC(=O)c1sc2c(c(C)nn2C)c1N. The van der Waals surface area contributed by atoms with Gasteiger partial charge in [-0.1, -0.05) is 26.7 Å². The smallest absolute Gasteiger partial charge is 0.263 e. The van der Waals surface area contributed by atoms with Crippen LogP contribution in [-0.2, 0) is 7.05 Å². The van der Waals surface area contributed by atoms with Crippen molar-refractivity contribution in [3.63, 3.8) is 0 Å². The van der Waals surface area contributed by atoms with E-state index in [1.807, 2.05) is 14.0 Å². The largest absolute Gasteiger partial charge is 0.397 e. The zero-order chi connectivity index (χ0) is 14.9. The number of aryl methyl sites for hydroxylation is 2. The van der Waals surface area contributed by atoms with Crippen molar-refractivity contribution in [3.05, 3.63) is 10.6 Å². The molecule has 5 nitrogen and oxygen atoms in total. The molecular weight excluding hydrogens is 272 g/mol. The second-order valence-corrected chi connectivity index (χ2v) is 6.13. The Hall–Kier alpha value is -1.56. The van der Waals surface area contributed by atoms with Crippen LogP contribution in [0.2, 0.25) is 0 Å². The highest BCUT2D eigenvalue weighted by Crippen LogP contribution is 2.35. The lowest BCUT2D eigenvalue weighted by Crippen LogP contribution is -2.28. The Labute approximate surface area is 123 Å². The van der Waals surface area contributed by atoms with Crippen LogP contribution in [0.1, 0.15) is 42.1 Å². The zero-order valence-electron chi connectivity index (χ0n) is 12.5. The third-order valence-electron chi connectivity index (χ3n) is 3.79. The van der Waals surface area contributed by atoms with Crippen LogP contribution in [0.15, 0.2) is 0 Å². The number of aromatic nitrogens is 2. The van der Waals surface area contributed by atoms with E-state index in [-0.39, 0.29) is 5.91 Å². The van der Waals surface area contributed by atoms with Crippen LogP contribution in [0.3, 0.4) is 0 Å². The Bertz CT molecular complexity index is 625. The topological polar surface area (TPSA) is 72.9 Å². The van der Waals surface area contributed by atoms with Gasteiger partial charge in [-0.3, -0.25) is 9.48 Å². The van der Waals surface area contributed by atoms with Gasteiger partial charge in [-0.15, -0.1) is 11.3 Å². The van der Waals surface area contributed by atoms with Crippen LogP contribution in [0.5, 0.6) is 0 Å². The summed E-state index contributed by atoms with van der Waals surface area (Å²) < 4.78 is 1.78. The van der Waals surface area contributed by atoms with Gasteiger partial charge in [0.15, 0.2) is 0 Å². The van der Waals surface area contributed by atoms with E-state index in [1.54, 1.807) is 4.68 Å². The van der Waals surface area contributed by atoms with E-state index in [1.165, 1.54) is 11.3 Å². The number of carbonyl (C=O) groups is 1. The summed E-state index contributed by atoms with van der Waals surface area (Å²) in [7, 11) is 1.87. The number of thiophene rings is 1. The predicted molar refractivity (Wildman–Crippen MR) is 84.1 cm³/mol. The third-order valence-corrected chi connectivity index (χ3v) is 5.07. The van der Waals surface area contributed by atoms with Crippen LogP contribution in [0.4, 0.5) is 5.69 Å². The molecular formula is C14H22N4OS. The number of hydrogen-bond acceptors (Lipinski definition) is 4. The molecule has 20 heavy (non-hydrogen) atoms. The molecule has 110 valence electrons. The van der Waals surface area contributed by atoms with Crippen molar-refractivity contribution in [1.29, 1.82) is 0 Å². The van der Waals surface area contributed by atoms with E-state index < -0.39 is 0 Å². The first-order chi connectivity index (χ1) is 9.49. The maximum atomic E-state index is 12.3. The first-order valence-electron chi connectivity index (χ1n) is 6.99. The summed E-state index contributed by atoms with van der Waals surface area (Å²) >= 11 is 1.41. The number of nitrogens with zero attached hydrogens (tertiary/aromatic N) is 2. The molecule has 0 saturated carbocycles. The maximum Gasteiger partial charge on any atom is 0.263 e. The fourth-order valence-electron chi connectivity index (χ4n) is 2.39. The van der Waals surface area contributed by atoms with Crippen LogP contribution >= 0.6 is 11.3 Å². The van der Waals surface area contributed by atoms with E-state index in [4.69, 9.17) is 5.73 Å². The predicted octanol–water partition coefficient (Wildman–Crippen LogP) is 2.69. The number of anilines is 1. The molecule has 0 spiro atoms. The lowest BCUT2D eigenvalue weighted by molar-refractivity contribution is 0.0951. The van der Waals surface area contributed by atoms with Gasteiger partial charge in [0.2, 0.25) is 0 Å². The summed E-state index contributed by atoms with van der Waals surface area (Å²) in [6.07, 6.45) is 2.14. The van der Waals surface area contributed by atoms with E-state index in [0.717, 1.165) is 28.8 Å². The highest BCUT2D eigenvalue weighted by molar-refractivity contribution is 7.21. The summed E-state index contributed by atoms with van der Waals surface area (Å²) in [6.45, 7) is 6.90. The normalized spacial score (nSPS) is 11.4. The minimum atomic E-state index is -0.0741. The first-order valence-corrected chi connectivity index (χ1v) is 7.80. The molecule has 0 radical (unpaired) electrons. The van der Waals surface area contributed by atoms with Gasteiger partial charge in [0.25, 0.3) is 5.91 Å². The Balaban J connectivity index is 2.22. The maximum absolute atomic E-state index is 12.3. The average Bonchev–Trinajstić information content (AvgIpc) is 2.90. The lowest BCUT2D eigenvalue weighted by atomic mass is 10.0. The molecule has 2 aromatic heterocycles. The number of nitrogens with two attached hydrogens (primary N) is 1. The van der Waals surface area contributed by atoms with Gasteiger partial charge in [-0.2, -0.15) is 5.10 Å². The highest BCUT2D eigenvalue weighted by atomic mass is 32.1. The fraction of sp³-hybridized carbons (Fsp3) is 0.571. The number of fused-ring (bicyclic) bond motifs is 1. The van der Waals surface area contributed by atoms with Crippen molar-refractivity contribution >= 4 is 33.1 Å². The van der Waals surface area contributed by atoms with Gasteiger partial charge >= 0.3 is 0 Å². The van der Waals surface area contributed by atoms with Gasteiger partial charge in [0.1, 0.15) is 9.71 Å². The fourth-order valence-corrected chi connectivity index (χ4v) is 3.50. The van der Waals surface area contributed by atoms with Gasteiger partial charge < -0.3 is 11.1 Å².